The minimum atomic E-state index is 0.0496. The van der Waals surface area contributed by atoms with Crippen molar-refractivity contribution in [3.05, 3.63) is 23.8 Å². The molecule has 1 aromatic carbocycles. The van der Waals surface area contributed by atoms with E-state index >= 15 is 0 Å². The average Bonchev–Trinajstić information content (AvgIpc) is 2.26. The highest BCUT2D eigenvalue weighted by atomic mass is 16.1. The molecule has 1 aromatic rings. The molecular weight excluding hydrogens is 224 g/mol. The largest absolute Gasteiger partial charge is 0.398 e. The second-order valence-corrected chi connectivity index (χ2v) is 5.88. The molecule has 100 valence electrons. The lowest BCUT2D eigenvalue weighted by molar-refractivity contribution is -0.116. The van der Waals surface area contributed by atoms with E-state index in [0.717, 1.165) is 29.8 Å². The number of aryl methyl sites for hydroxylation is 1. The molecule has 0 aliphatic rings. The molecule has 0 unspecified atom stereocenters. The Bertz CT molecular complexity index is 419. The summed E-state index contributed by atoms with van der Waals surface area (Å²) in [7, 11) is 0. The third-order valence-corrected chi connectivity index (χ3v) is 2.91. The Labute approximate surface area is 110 Å². The lowest BCUT2D eigenvalue weighted by Gasteiger charge is -2.17. The number of rotatable bonds is 4. The second-order valence-electron chi connectivity index (χ2n) is 5.88. The van der Waals surface area contributed by atoms with Crippen LogP contribution in [-0.2, 0) is 11.2 Å². The number of carbonyl (C=O) groups is 1. The molecule has 0 spiro atoms. The van der Waals surface area contributed by atoms with Crippen LogP contribution in [0.15, 0.2) is 18.2 Å². The molecule has 0 aliphatic heterocycles. The summed E-state index contributed by atoms with van der Waals surface area (Å²) >= 11 is 0. The van der Waals surface area contributed by atoms with Gasteiger partial charge in [-0.3, -0.25) is 4.79 Å². The van der Waals surface area contributed by atoms with Gasteiger partial charge in [-0.1, -0.05) is 33.8 Å². The Hall–Kier alpha value is -1.51. The van der Waals surface area contributed by atoms with Crippen LogP contribution in [0.1, 0.15) is 46.1 Å². The van der Waals surface area contributed by atoms with Crippen LogP contribution in [0.2, 0.25) is 0 Å². The van der Waals surface area contributed by atoms with E-state index in [1.807, 2.05) is 18.2 Å². The number of benzene rings is 1. The predicted octanol–water partition coefficient (Wildman–Crippen LogP) is 3.60. The normalized spacial score (nSPS) is 11.3. The molecule has 0 radical (unpaired) electrons. The number of anilines is 2. The van der Waals surface area contributed by atoms with Gasteiger partial charge in [-0.15, -0.1) is 0 Å². The number of amides is 1. The molecule has 18 heavy (non-hydrogen) atoms. The molecule has 0 aromatic heterocycles. The van der Waals surface area contributed by atoms with Crippen LogP contribution in [0.4, 0.5) is 11.4 Å². The smallest absolute Gasteiger partial charge is 0.224 e. The molecular formula is C15H24N2O. The zero-order valence-corrected chi connectivity index (χ0v) is 11.8. The van der Waals surface area contributed by atoms with E-state index in [1.165, 1.54) is 0 Å². The van der Waals surface area contributed by atoms with E-state index in [-0.39, 0.29) is 11.3 Å². The monoisotopic (exact) mass is 248 g/mol. The van der Waals surface area contributed by atoms with E-state index in [2.05, 4.69) is 33.0 Å². The van der Waals surface area contributed by atoms with E-state index in [9.17, 15) is 4.79 Å². The second kappa shape index (κ2) is 5.89. The number of carbonyl (C=O) groups excluding carboxylic acids is 1. The summed E-state index contributed by atoms with van der Waals surface area (Å²) in [6.07, 6.45) is 2.32. The highest BCUT2D eigenvalue weighted by molar-refractivity contribution is 5.91. The van der Waals surface area contributed by atoms with Crippen LogP contribution in [0, 0.1) is 5.41 Å². The van der Waals surface area contributed by atoms with Gasteiger partial charge in [0.2, 0.25) is 5.91 Å². The molecule has 0 heterocycles. The van der Waals surface area contributed by atoms with Crippen molar-refractivity contribution < 1.29 is 4.79 Å². The summed E-state index contributed by atoms with van der Waals surface area (Å²) in [4.78, 5) is 11.8. The van der Waals surface area contributed by atoms with Gasteiger partial charge in [0.05, 0.1) is 0 Å². The Morgan fingerprint density at radius 2 is 2.00 bits per heavy atom. The number of nitrogens with one attached hydrogen (secondary N) is 1. The molecule has 0 atom stereocenters. The Balaban J connectivity index is 2.57. The van der Waals surface area contributed by atoms with Gasteiger partial charge in [-0.25, -0.2) is 0 Å². The first-order valence-electron chi connectivity index (χ1n) is 6.50. The van der Waals surface area contributed by atoms with E-state index in [4.69, 9.17) is 5.73 Å². The van der Waals surface area contributed by atoms with Crippen LogP contribution in [0.5, 0.6) is 0 Å². The quantitative estimate of drug-likeness (QED) is 0.800. The number of hydrogen-bond donors (Lipinski definition) is 2. The van der Waals surface area contributed by atoms with Gasteiger partial charge >= 0.3 is 0 Å². The fourth-order valence-corrected chi connectivity index (χ4v) is 1.71. The Morgan fingerprint density at radius 3 is 2.50 bits per heavy atom. The van der Waals surface area contributed by atoms with Crippen LogP contribution in [0.25, 0.3) is 0 Å². The van der Waals surface area contributed by atoms with Crippen molar-refractivity contribution in [1.82, 2.24) is 0 Å². The van der Waals surface area contributed by atoms with E-state index in [0.29, 0.717) is 6.42 Å². The zero-order chi connectivity index (χ0) is 13.8. The number of hydrogen-bond acceptors (Lipinski definition) is 2. The van der Waals surface area contributed by atoms with Crippen molar-refractivity contribution in [2.24, 2.45) is 5.41 Å². The van der Waals surface area contributed by atoms with Gasteiger partial charge in [0.25, 0.3) is 0 Å². The topological polar surface area (TPSA) is 55.1 Å². The van der Waals surface area contributed by atoms with Crippen molar-refractivity contribution in [1.29, 1.82) is 0 Å². The Morgan fingerprint density at radius 1 is 1.33 bits per heavy atom. The number of nitrogen functional groups attached to an aromatic ring is 1. The predicted molar refractivity (Wildman–Crippen MR) is 77.6 cm³/mol. The molecule has 0 bridgehead atoms. The third kappa shape index (κ3) is 4.78. The van der Waals surface area contributed by atoms with Crippen LogP contribution < -0.4 is 11.1 Å². The molecule has 0 fully saturated rings. The zero-order valence-electron chi connectivity index (χ0n) is 11.8. The molecule has 0 aliphatic carbocycles. The summed E-state index contributed by atoms with van der Waals surface area (Å²) in [6.45, 7) is 8.46. The maximum Gasteiger partial charge on any atom is 0.224 e. The molecule has 3 N–H and O–H groups in total. The van der Waals surface area contributed by atoms with Crippen LogP contribution in [-0.4, -0.2) is 5.91 Å². The molecule has 1 rings (SSSR count). The third-order valence-electron chi connectivity index (χ3n) is 2.91. The summed E-state index contributed by atoms with van der Waals surface area (Å²) in [5.74, 6) is 0.0496. The first-order valence-corrected chi connectivity index (χ1v) is 6.50. The van der Waals surface area contributed by atoms with Crippen LogP contribution >= 0.6 is 0 Å². The first kappa shape index (κ1) is 14.6. The van der Waals surface area contributed by atoms with E-state index in [1.54, 1.807) is 0 Å². The molecule has 0 saturated carbocycles. The van der Waals surface area contributed by atoms with Crippen molar-refractivity contribution in [3.8, 4) is 0 Å². The lowest BCUT2D eigenvalue weighted by atomic mass is 9.90. The maximum atomic E-state index is 11.8. The first-order chi connectivity index (χ1) is 8.31. The molecule has 3 heteroatoms. The lowest BCUT2D eigenvalue weighted by Crippen LogP contribution is -2.15. The van der Waals surface area contributed by atoms with Gasteiger partial charge in [-0.2, -0.15) is 0 Å². The summed E-state index contributed by atoms with van der Waals surface area (Å²) in [6, 6.07) is 5.70. The fourth-order valence-electron chi connectivity index (χ4n) is 1.71. The molecule has 1 amide bonds. The fraction of sp³-hybridized carbons (Fsp3) is 0.533. The van der Waals surface area contributed by atoms with Crippen molar-refractivity contribution in [2.75, 3.05) is 11.1 Å². The molecule has 3 nitrogen and oxygen atoms in total. The standard InChI is InChI=1S/C15H24N2O/c1-5-11-6-7-12(10-13(11)16)17-14(18)8-9-15(2,3)4/h6-7,10H,5,8-9,16H2,1-4H3,(H,17,18). The van der Waals surface area contributed by atoms with Gasteiger partial charge in [0.1, 0.15) is 0 Å². The summed E-state index contributed by atoms with van der Waals surface area (Å²) < 4.78 is 0. The minimum absolute atomic E-state index is 0.0496. The minimum Gasteiger partial charge on any atom is -0.398 e. The number of nitrogens with two attached hydrogens (primary N) is 1. The van der Waals surface area contributed by atoms with Gasteiger partial charge in [-0.05, 0) is 36.0 Å². The van der Waals surface area contributed by atoms with Gasteiger partial charge in [0, 0.05) is 17.8 Å². The highest BCUT2D eigenvalue weighted by Gasteiger charge is 2.13. The van der Waals surface area contributed by atoms with Gasteiger partial charge < -0.3 is 11.1 Å². The van der Waals surface area contributed by atoms with Crippen molar-refractivity contribution in [2.45, 2.75) is 47.0 Å². The van der Waals surface area contributed by atoms with E-state index < -0.39 is 0 Å². The van der Waals surface area contributed by atoms with Crippen LogP contribution in [0.3, 0.4) is 0 Å². The average molecular weight is 248 g/mol. The summed E-state index contributed by atoms with van der Waals surface area (Å²) in [5.41, 5.74) is 8.72. The van der Waals surface area contributed by atoms with Gasteiger partial charge in [0.15, 0.2) is 0 Å². The SMILES string of the molecule is CCc1ccc(NC(=O)CCC(C)(C)C)cc1N. The highest BCUT2D eigenvalue weighted by Crippen LogP contribution is 2.22. The maximum absolute atomic E-state index is 11.8. The summed E-state index contributed by atoms with van der Waals surface area (Å²) in [5, 5.41) is 2.89. The Kier molecular flexibility index (Phi) is 4.76. The molecule has 0 saturated heterocycles. The van der Waals surface area contributed by atoms with Crippen molar-refractivity contribution >= 4 is 17.3 Å². The van der Waals surface area contributed by atoms with Crippen molar-refractivity contribution in [3.63, 3.8) is 0 Å².